The third-order valence-corrected chi connectivity index (χ3v) is 3.12. The highest BCUT2D eigenvalue weighted by Gasteiger charge is 2.17. The van der Waals surface area contributed by atoms with Gasteiger partial charge in [0, 0.05) is 37.3 Å². The van der Waals surface area contributed by atoms with E-state index in [9.17, 15) is 4.79 Å². The number of rotatable bonds is 1. The van der Waals surface area contributed by atoms with E-state index in [2.05, 4.69) is 22.6 Å². The molecule has 0 bridgehead atoms. The molecule has 1 aromatic heterocycles. The van der Waals surface area contributed by atoms with E-state index in [1.807, 2.05) is 18.3 Å². The van der Waals surface area contributed by atoms with Gasteiger partial charge >= 0.3 is 0 Å². The molecule has 0 atom stereocenters. The van der Waals surface area contributed by atoms with Gasteiger partial charge in [0.05, 0.1) is 11.2 Å². The number of para-hydroxylation sites is 1. The van der Waals surface area contributed by atoms with Crippen molar-refractivity contribution in [3.05, 3.63) is 30.0 Å². The second kappa shape index (κ2) is 2.86. The predicted octanol–water partition coefficient (Wildman–Crippen LogP) is 1.90. The van der Waals surface area contributed by atoms with Gasteiger partial charge in [-0.2, -0.15) is 0 Å². The van der Waals surface area contributed by atoms with Crippen LogP contribution in [0.3, 0.4) is 0 Å². The van der Waals surface area contributed by atoms with Crippen molar-refractivity contribution in [1.82, 2.24) is 4.57 Å². The fraction of sp³-hybridized carbons (Fsp3) is 0.250. The molecule has 1 aromatic carbocycles. The van der Waals surface area contributed by atoms with Crippen LogP contribution in [0.2, 0.25) is 0 Å². The number of benzene rings is 1. The lowest BCUT2D eigenvalue weighted by atomic mass is 10.1. The Kier molecular flexibility index (Phi) is 1.63. The van der Waals surface area contributed by atoms with Crippen LogP contribution in [0.5, 0.6) is 0 Å². The Morgan fingerprint density at radius 1 is 1.33 bits per heavy atom. The Bertz CT molecular complexity index is 542. The summed E-state index contributed by atoms with van der Waals surface area (Å²) in [6, 6.07) is 6.13. The third kappa shape index (κ3) is 1.03. The number of nitrogens with zero attached hydrogens (tertiary/aromatic N) is 2. The van der Waals surface area contributed by atoms with E-state index in [0.717, 1.165) is 30.3 Å². The van der Waals surface area contributed by atoms with Crippen LogP contribution in [-0.2, 0) is 6.54 Å². The maximum atomic E-state index is 10.9. The number of anilines is 1. The maximum absolute atomic E-state index is 10.9. The number of aldehydes is 1. The molecule has 3 heteroatoms. The number of hydrogen-bond acceptors (Lipinski definition) is 2. The second-order valence-electron chi connectivity index (χ2n) is 3.99. The van der Waals surface area contributed by atoms with Gasteiger partial charge in [0.1, 0.15) is 0 Å². The van der Waals surface area contributed by atoms with Crippen molar-refractivity contribution in [3.63, 3.8) is 0 Å². The lowest BCUT2D eigenvalue weighted by molar-refractivity contribution is 0.112. The molecule has 0 radical (unpaired) electrons. The summed E-state index contributed by atoms with van der Waals surface area (Å²) in [6.45, 7) is 1.96. The SMILES string of the molecule is CN1CCn2cc(C=O)c3cccc1c32. The van der Waals surface area contributed by atoms with Crippen molar-refractivity contribution in [2.24, 2.45) is 0 Å². The van der Waals surface area contributed by atoms with E-state index in [4.69, 9.17) is 0 Å². The Morgan fingerprint density at radius 2 is 2.20 bits per heavy atom. The van der Waals surface area contributed by atoms with Crippen molar-refractivity contribution in [2.45, 2.75) is 6.54 Å². The van der Waals surface area contributed by atoms with Crippen molar-refractivity contribution < 1.29 is 4.79 Å². The normalized spacial score (nSPS) is 14.6. The number of likely N-dealkylation sites (N-methyl/N-ethyl adjacent to an activating group) is 1. The summed E-state index contributed by atoms with van der Waals surface area (Å²) in [4.78, 5) is 13.2. The van der Waals surface area contributed by atoms with Gasteiger partial charge in [0.2, 0.25) is 0 Å². The topological polar surface area (TPSA) is 25.2 Å². The van der Waals surface area contributed by atoms with Crippen molar-refractivity contribution in [1.29, 1.82) is 0 Å². The van der Waals surface area contributed by atoms with Gasteiger partial charge in [0.15, 0.2) is 6.29 Å². The van der Waals surface area contributed by atoms with Gasteiger partial charge in [-0.1, -0.05) is 12.1 Å². The summed E-state index contributed by atoms with van der Waals surface area (Å²) >= 11 is 0. The number of carbonyl (C=O) groups excluding carboxylic acids is 1. The molecular weight excluding hydrogens is 188 g/mol. The number of hydrogen-bond donors (Lipinski definition) is 0. The van der Waals surface area contributed by atoms with Gasteiger partial charge in [-0.05, 0) is 6.07 Å². The summed E-state index contributed by atoms with van der Waals surface area (Å²) in [7, 11) is 2.09. The molecule has 0 saturated carbocycles. The largest absolute Gasteiger partial charge is 0.371 e. The van der Waals surface area contributed by atoms with E-state index in [0.29, 0.717) is 0 Å². The molecule has 1 aliphatic rings. The molecule has 76 valence electrons. The molecule has 15 heavy (non-hydrogen) atoms. The first-order chi connectivity index (χ1) is 7.31. The summed E-state index contributed by atoms with van der Waals surface area (Å²) in [5.41, 5.74) is 3.20. The van der Waals surface area contributed by atoms with Crippen molar-refractivity contribution in [3.8, 4) is 0 Å². The summed E-state index contributed by atoms with van der Waals surface area (Å²) < 4.78 is 2.17. The molecule has 0 amide bonds. The Morgan fingerprint density at radius 3 is 3.00 bits per heavy atom. The minimum Gasteiger partial charge on any atom is -0.371 e. The summed E-state index contributed by atoms with van der Waals surface area (Å²) in [5.74, 6) is 0. The van der Waals surface area contributed by atoms with Crippen molar-refractivity contribution in [2.75, 3.05) is 18.5 Å². The zero-order valence-corrected chi connectivity index (χ0v) is 8.60. The fourth-order valence-corrected chi connectivity index (χ4v) is 2.32. The molecule has 0 unspecified atom stereocenters. The first-order valence-electron chi connectivity index (χ1n) is 5.09. The molecule has 2 heterocycles. The third-order valence-electron chi connectivity index (χ3n) is 3.12. The van der Waals surface area contributed by atoms with Crippen LogP contribution in [0, 0.1) is 0 Å². The highest BCUT2D eigenvalue weighted by Crippen LogP contribution is 2.32. The Labute approximate surface area is 87.9 Å². The van der Waals surface area contributed by atoms with E-state index in [1.54, 1.807) is 0 Å². The first kappa shape index (κ1) is 8.53. The van der Waals surface area contributed by atoms with Crippen molar-refractivity contribution >= 4 is 22.9 Å². The predicted molar refractivity (Wildman–Crippen MR) is 60.6 cm³/mol. The van der Waals surface area contributed by atoms with Crippen LogP contribution in [-0.4, -0.2) is 24.4 Å². The number of aromatic nitrogens is 1. The molecule has 0 aliphatic carbocycles. The van der Waals surface area contributed by atoms with E-state index in [1.165, 1.54) is 11.2 Å². The van der Waals surface area contributed by atoms with Crippen LogP contribution in [0.4, 0.5) is 5.69 Å². The smallest absolute Gasteiger partial charge is 0.152 e. The minimum atomic E-state index is 0.794. The standard InChI is InChI=1S/C12H12N2O/c1-13-5-6-14-7-9(8-15)10-3-2-4-11(13)12(10)14/h2-4,7-8H,5-6H2,1H3. The highest BCUT2D eigenvalue weighted by molar-refractivity contribution is 6.03. The molecule has 3 rings (SSSR count). The molecular formula is C12H12N2O. The molecule has 0 spiro atoms. The summed E-state index contributed by atoms with van der Waals surface area (Å²) in [6.07, 6.45) is 2.89. The van der Waals surface area contributed by atoms with E-state index in [-0.39, 0.29) is 0 Å². The molecule has 0 fully saturated rings. The van der Waals surface area contributed by atoms with Gasteiger partial charge < -0.3 is 9.47 Å². The van der Waals surface area contributed by atoms with E-state index >= 15 is 0 Å². The quantitative estimate of drug-likeness (QED) is 0.657. The first-order valence-corrected chi connectivity index (χ1v) is 5.09. The average Bonchev–Trinajstić information content (AvgIpc) is 2.64. The van der Waals surface area contributed by atoms with Crippen LogP contribution in [0.1, 0.15) is 10.4 Å². The zero-order valence-electron chi connectivity index (χ0n) is 8.60. The molecule has 2 aromatic rings. The fourth-order valence-electron chi connectivity index (χ4n) is 2.32. The van der Waals surface area contributed by atoms with Gasteiger partial charge in [0.25, 0.3) is 0 Å². The zero-order chi connectivity index (χ0) is 10.4. The highest BCUT2D eigenvalue weighted by atomic mass is 16.1. The lowest BCUT2D eigenvalue weighted by Gasteiger charge is -2.26. The Balaban J connectivity index is 2.45. The Hall–Kier alpha value is -1.77. The summed E-state index contributed by atoms with van der Waals surface area (Å²) in [5, 5.41) is 1.06. The van der Waals surface area contributed by atoms with Crippen LogP contribution in [0.15, 0.2) is 24.4 Å². The van der Waals surface area contributed by atoms with Crippen LogP contribution in [0.25, 0.3) is 10.9 Å². The van der Waals surface area contributed by atoms with Gasteiger partial charge in [-0.3, -0.25) is 4.79 Å². The average molecular weight is 200 g/mol. The number of carbonyl (C=O) groups is 1. The molecule has 1 aliphatic heterocycles. The molecule has 0 saturated heterocycles. The molecule has 0 N–H and O–H groups in total. The second-order valence-corrected chi connectivity index (χ2v) is 3.99. The maximum Gasteiger partial charge on any atom is 0.152 e. The monoisotopic (exact) mass is 200 g/mol. The minimum absolute atomic E-state index is 0.794. The lowest BCUT2D eigenvalue weighted by Crippen LogP contribution is -2.26. The van der Waals surface area contributed by atoms with Gasteiger partial charge in [-0.25, -0.2) is 0 Å². The molecule has 3 nitrogen and oxygen atoms in total. The van der Waals surface area contributed by atoms with Gasteiger partial charge in [-0.15, -0.1) is 0 Å². The van der Waals surface area contributed by atoms with Crippen LogP contribution < -0.4 is 4.90 Å². The van der Waals surface area contributed by atoms with Crippen LogP contribution >= 0.6 is 0 Å². The van der Waals surface area contributed by atoms with E-state index < -0.39 is 0 Å².